The van der Waals surface area contributed by atoms with Crippen LogP contribution in [0.15, 0.2) is 70.9 Å². The zero-order valence-electron chi connectivity index (χ0n) is 18.9. The zero-order valence-corrected chi connectivity index (χ0v) is 20.5. The lowest BCUT2D eigenvalue weighted by molar-refractivity contribution is 0.102. The first-order chi connectivity index (χ1) is 16.3. The summed E-state index contributed by atoms with van der Waals surface area (Å²) in [6.07, 6.45) is 5.04. The Kier molecular flexibility index (Phi) is 7.45. The molecule has 0 atom stereocenters. The van der Waals surface area contributed by atoms with Gasteiger partial charge < -0.3 is 10.6 Å². The molecule has 2 aromatic carbocycles. The number of hydrogen-bond donors (Lipinski definition) is 2. The molecule has 0 radical (unpaired) electrons. The van der Waals surface area contributed by atoms with E-state index in [1.165, 1.54) is 27.8 Å². The van der Waals surface area contributed by atoms with Crippen LogP contribution in [0.1, 0.15) is 52.1 Å². The summed E-state index contributed by atoms with van der Waals surface area (Å²) in [5.41, 5.74) is 1.51. The van der Waals surface area contributed by atoms with Gasteiger partial charge in [0.15, 0.2) is 0 Å². The predicted molar refractivity (Wildman–Crippen MR) is 135 cm³/mol. The fourth-order valence-electron chi connectivity index (χ4n) is 4.03. The van der Waals surface area contributed by atoms with Gasteiger partial charge >= 0.3 is 0 Å². The zero-order chi connectivity index (χ0) is 24.1. The van der Waals surface area contributed by atoms with Crippen molar-refractivity contribution >= 4 is 44.5 Å². The highest BCUT2D eigenvalue weighted by Gasteiger charge is 2.29. The number of carbonyl (C=O) groups excluding carboxylic acids is 2. The number of rotatable bonds is 7. The molecule has 1 aromatic heterocycles. The highest BCUT2D eigenvalue weighted by molar-refractivity contribution is 7.89. The van der Waals surface area contributed by atoms with Crippen LogP contribution in [0, 0.1) is 0 Å². The molecule has 7 nitrogen and oxygen atoms in total. The van der Waals surface area contributed by atoms with Crippen molar-refractivity contribution in [2.75, 3.05) is 17.7 Å². The van der Waals surface area contributed by atoms with Gasteiger partial charge in [0.25, 0.3) is 11.8 Å². The largest absolute Gasteiger partial charge is 0.322 e. The molecule has 0 unspecified atom stereocenters. The number of nitrogens with zero attached hydrogens (tertiary/aromatic N) is 1. The number of amides is 2. The van der Waals surface area contributed by atoms with Crippen molar-refractivity contribution in [3.05, 3.63) is 76.5 Å². The lowest BCUT2D eigenvalue weighted by Crippen LogP contribution is -2.38. The van der Waals surface area contributed by atoms with Crippen molar-refractivity contribution in [2.45, 2.75) is 43.0 Å². The first-order valence-corrected chi connectivity index (χ1v) is 13.5. The van der Waals surface area contributed by atoms with Crippen LogP contribution in [0.4, 0.5) is 11.4 Å². The summed E-state index contributed by atoms with van der Waals surface area (Å²) in [6.45, 7) is 0. The van der Waals surface area contributed by atoms with Gasteiger partial charge in [-0.3, -0.25) is 9.59 Å². The van der Waals surface area contributed by atoms with E-state index in [4.69, 9.17) is 0 Å². The minimum Gasteiger partial charge on any atom is -0.322 e. The molecular formula is C25H27N3O4S2. The number of carbonyl (C=O) groups is 2. The Morgan fingerprint density at radius 2 is 1.44 bits per heavy atom. The highest BCUT2D eigenvalue weighted by atomic mass is 32.2. The third-order valence-electron chi connectivity index (χ3n) is 6.03. The Morgan fingerprint density at radius 3 is 2.03 bits per heavy atom. The average molecular weight is 498 g/mol. The summed E-state index contributed by atoms with van der Waals surface area (Å²) in [4.78, 5) is 25.6. The third kappa shape index (κ3) is 5.55. The summed E-state index contributed by atoms with van der Waals surface area (Å²) in [5.74, 6) is -0.526. The van der Waals surface area contributed by atoms with Crippen molar-refractivity contribution in [1.29, 1.82) is 0 Å². The quantitative estimate of drug-likeness (QED) is 0.469. The number of benzene rings is 2. The summed E-state index contributed by atoms with van der Waals surface area (Å²) >= 11 is 1.35. The Bertz CT molecular complexity index is 1230. The van der Waals surface area contributed by atoms with Crippen molar-refractivity contribution < 1.29 is 18.0 Å². The molecule has 4 rings (SSSR count). The van der Waals surface area contributed by atoms with Crippen LogP contribution in [0.25, 0.3) is 0 Å². The van der Waals surface area contributed by atoms with Gasteiger partial charge in [-0.05, 0) is 72.8 Å². The van der Waals surface area contributed by atoms with Gasteiger partial charge in [0, 0.05) is 30.0 Å². The molecule has 1 aliphatic rings. The second kappa shape index (κ2) is 10.5. The summed E-state index contributed by atoms with van der Waals surface area (Å²) < 4.78 is 27.4. The van der Waals surface area contributed by atoms with E-state index in [1.54, 1.807) is 49.5 Å². The fraction of sp³-hybridized carbons (Fsp3) is 0.280. The van der Waals surface area contributed by atoms with E-state index in [1.807, 2.05) is 11.4 Å². The van der Waals surface area contributed by atoms with E-state index in [9.17, 15) is 18.0 Å². The molecule has 1 saturated carbocycles. The molecular weight excluding hydrogens is 470 g/mol. The Morgan fingerprint density at radius 1 is 0.853 bits per heavy atom. The molecule has 0 bridgehead atoms. The molecule has 0 spiro atoms. The Labute approximate surface area is 203 Å². The fourth-order valence-corrected chi connectivity index (χ4v) is 6.06. The van der Waals surface area contributed by atoms with Gasteiger partial charge in [-0.1, -0.05) is 25.3 Å². The van der Waals surface area contributed by atoms with Gasteiger partial charge in [-0.15, -0.1) is 11.3 Å². The average Bonchev–Trinajstić information content (AvgIpc) is 3.40. The summed E-state index contributed by atoms with van der Waals surface area (Å²) in [7, 11) is -1.93. The summed E-state index contributed by atoms with van der Waals surface area (Å²) in [5, 5.41) is 7.40. The van der Waals surface area contributed by atoms with Crippen LogP contribution in [0.2, 0.25) is 0 Å². The maximum atomic E-state index is 13.0. The van der Waals surface area contributed by atoms with Crippen molar-refractivity contribution in [3.8, 4) is 0 Å². The van der Waals surface area contributed by atoms with Crippen molar-refractivity contribution in [2.24, 2.45) is 0 Å². The van der Waals surface area contributed by atoms with E-state index in [-0.39, 0.29) is 22.8 Å². The maximum absolute atomic E-state index is 13.0. The van der Waals surface area contributed by atoms with Crippen LogP contribution in [0.3, 0.4) is 0 Å². The molecule has 0 saturated heterocycles. The SMILES string of the molecule is CN(C1CCCCC1)S(=O)(=O)c1ccc(NC(=O)c2ccc(NC(=O)c3cccs3)cc2)cc1. The smallest absolute Gasteiger partial charge is 0.265 e. The molecule has 0 aliphatic heterocycles. The molecule has 3 aromatic rings. The second-order valence-corrected chi connectivity index (χ2v) is 11.2. The first kappa shape index (κ1) is 24.1. The normalized spacial score (nSPS) is 14.6. The van der Waals surface area contributed by atoms with Gasteiger partial charge in [0.2, 0.25) is 10.0 Å². The van der Waals surface area contributed by atoms with E-state index in [0.29, 0.717) is 21.8 Å². The van der Waals surface area contributed by atoms with Crippen LogP contribution in [-0.2, 0) is 10.0 Å². The van der Waals surface area contributed by atoms with Gasteiger partial charge in [-0.25, -0.2) is 8.42 Å². The van der Waals surface area contributed by atoms with E-state index in [2.05, 4.69) is 10.6 Å². The number of sulfonamides is 1. The summed E-state index contributed by atoms with van der Waals surface area (Å²) in [6, 6.07) is 16.4. The minimum absolute atomic E-state index is 0.0381. The topological polar surface area (TPSA) is 95.6 Å². The molecule has 34 heavy (non-hydrogen) atoms. The third-order valence-corrected chi connectivity index (χ3v) is 8.82. The van der Waals surface area contributed by atoms with E-state index >= 15 is 0 Å². The van der Waals surface area contributed by atoms with Gasteiger partial charge in [0.05, 0.1) is 9.77 Å². The van der Waals surface area contributed by atoms with Crippen molar-refractivity contribution in [3.63, 3.8) is 0 Å². The Balaban J connectivity index is 1.37. The highest BCUT2D eigenvalue weighted by Crippen LogP contribution is 2.27. The lowest BCUT2D eigenvalue weighted by atomic mass is 9.96. The maximum Gasteiger partial charge on any atom is 0.265 e. The number of thiophene rings is 1. The molecule has 1 aliphatic carbocycles. The molecule has 178 valence electrons. The van der Waals surface area contributed by atoms with Crippen LogP contribution >= 0.6 is 11.3 Å². The first-order valence-electron chi connectivity index (χ1n) is 11.2. The molecule has 1 heterocycles. The Hall–Kier alpha value is -3.01. The number of anilines is 2. The molecule has 2 amide bonds. The van der Waals surface area contributed by atoms with Gasteiger partial charge in [-0.2, -0.15) is 4.31 Å². The van der Waals surface area contributed by atoms with Crippen LogP contribution in [0.5, 0.6) is 0 Å². The van der Waals surface area contributed by atoms with E-state index < -0.39 is 10.0 Å². The monoisotopic (exact) mass is 497 g/mol. The number of nitrogens with one attached hydrogen (secondary N) is 2. The molecule has 2 N–H and O–H groups in total. The molecule has 1 fully saturated rings. The lowest BCUT2D eigenvalue weighted by Gasteiger charge is -2.30. The van der Waals surface area contributed by atoms with Crippen LogP contribution < -0.4 is 10.6 Å². The number of hydrogen-bond acceptors (Lipinski definition) is 5. The minimum atomic E-state index is -3.58. The van der Waals surface area contributed by atoms with E-state index in [0.717, 1.165) is 32.1 Å². The van der Waals surface area contributed by atoms with Gasteiger partial charge in [0.1, 0.15) is 0 Å². The predicted octanol–water partition coefficient (Wildman–Crippen LogP) is 5.21. The standard InChI is InChI=1S/C25H27N3O4S2/c1-28(21-6-3-2-4-7-21)34(31,32)22-15-13-20(14-16-22)26-24(29)18-9-11-19(12-10-18)27-25(30)23-8-5-17-33-23/h5,8-17,21H,2-4,6-7H2,1H3,(H,26,29)(H,27,30). The molecule has 9 heteroatoms. The van der Waals surface area contributed by atoms with Crippen LogP contribution in [-0.4, -0.2) is 37.6 Å². The second-order valence-electron chi connectivity index (χ2n) is 8.30. The van der Waals surface area contributed by atoms with Crippen molar-refractivity contribution in [1.82, 2.24) is 4.31 Å².